The Morgan fingerprint density at radius 1 is 1.43 bits per heavy atom. The molecule has 2 rings (SSSR count). The first-order chi connectivity index (χ1) is 10.2. The summed E-state index contributed by atoms with van der Waals surface area (Å²) in [6.45, 7) is 5.54. The average molecular weight is 280 g/mol. The monoisotopic (exact) mass is 280 g/mol. The third-order valence-electron chi connectivity index (χ3n) is 3.07. The van der Waals surface area contributed by atoms with Gasteiger partial charge in [-0.15, -0.1) is 6.58 Å². The molecule has 21 heavy (non-hydrogen) atoms. The van der Waals surface area contributed by atoms with Crippen molar-refractivity contribution in [3.05, 3.63) is 54.6 Å². The maximum Gasteiger partial charge on any atom is 0.226 e. The van der Waals surface area contributed by atoms with E-state index in [1.165, 1.54) is 11.8 Å². The number of hydrogen-bond donors (Lipinski definition) is 0. The summed E-state index contributed by atoms with van der Waals surface area (Å²) in [5.41, 5.74) is 1.22. The van der Waals surface area contributed by atoms with Crippen LogP contribution in [0.1, 0.15) is 18.9 Å². The van der Waals surface area contributed by atoms with Gasteiger partial charge in [0.05, 0.1) is 0 Å². The minimum Gasteiger partial charge on any atom is -0.439 e. The Morgan fingerprint density at radius 3 is 2.71 bits per heavy atom. The molecule has 0 aliphatic rings. The average Bonchev–Trinajstić information content (AvgIpc) is 2.92. The second-order valence-corrected chi connectivity index (χ2v) is 4.56. The number of benzene rings is 1. The molecule has 0 saturated heterocycles. The van der Waals surface area contributed by atoms with E-state index in [1.54, 1.807) is 12.1 Å². The second kappa shape index (κ2) is 6.58. The molecule has 0 unspecified atom stereocenters. The van der Waals surface area contributed by atoms with E-state index in [2.05, 4.69) is 12.6 Å². The van der Waals surface area contributed by atoms with Gasteiger partial charge in [-0.1, -0.05) is 36.4 Å². The smallest absolute Gasteiger partial charge is 0.226 e. The van der Waals surface area contributed by atoms with Gasteiger partial charge in [0.25, 0.3) is 0 Å². The zero-order valence-electron chi connectivity index (χ0n) is 11.9. The van der Waals surface area contributed by atoms with Crippen molar-refractivity contribution in [1.82, 2.24) is 0 Å². The predicted molar refractivity (Wildman–Crippen MR) is 81.7 cm³/mol. The fraction of sp³-hybridized carbons (Fsp3) is 0.176. The largest absolute Gasteiger partial charge is 0.439 e. The summed E-state index contributed by atoms with van der Waals surface area (Å²) in [6.07, 6.45) is 2.36. The van der Waals surface area contributed by atoms with E-state index in [9.17, 15) is 10.1 Å². The minimum absolute atomic E-state index is 0.165. The second-order valence-electron chi connectivity index (χ2n) is 4.56. The zero-order chi connectivity index (χ0) is 15.2. The van der Waals surface area contributed by atoms with Crippen LogP contribution >= 0.6 is 0 Å². The SMILES string of the molecule is C=CCCN(C(C)=O)c1oc(-c2ccccc2)cc1C#N. The summed E-state index contributed by atoms with van der Waals surface area (Å²) in [7, 11) is 0. The van der Waals surface area contributed by atoms with E-state index < -0.39 is 0 Å². The Hall–Kier alpha value is -2.80. The molecule has 0 aliphatic heterocycles. The molecule has 0 spiro atoms. The quantitative estimate of drug-likeness (QED) is 0.784. The van der Waals surface area contributed by atoms with Crippen LogP contribution in [0.25, 0.3) is 11.3 Å². The lowest BCUT2D eigenvalue weighted by atomic mass is 10.1. The molecule has 4 heteroatoms. The third kappa shape index (κ3) is 3.21. The first kappa shape index (κ1) is 14.6. The lowest BCUT2D eigenvalue weighted by Gasteiger charge is -2.17. The van der Waals surface area contributed by atoms with E-state index >= 15 is 0 Å². The Bertz CT molecular complexity index is 681. The fourth-order valence-electron chi connectivity index (χ4n) is 2.03. The molecule has 0 N–H and O–H groups in total. The van der Waals surface area contributed by atoms with Crippen molar-refractivity contribution in [2.45, 2.75) is 13.3 Å². The van der Waals surface area contributed by atoms with Gasteiger partial charge in [-0.3, -0.25) is 9.69 Å². The van der Waals surface area contributed by atoms with E-state index in [0.717, 1.165) is 5.56 Å². The first-order valence-electron chi connectivity index (χ1n) is 6.65. The lowest BCUT2D eigenvalue weighted by Crippen LogP contribution is -2.29. The minimum atomic E-state index is -0.165. The first-order valence-corrected chi connectivity index (χ1v) is 6.65. The van der Waals surface area contributed by atoms with E-state index in [1.807, 2.05) is 30.3 Å². The Balaban J connectivity index is 2.43. The highest BCUT2D eigenvalue weighted by molar-refractivity contribution is 5.91. The highest BCUT2D eigenvalue weighted by Crippen LogP contribution is 2.31. The van der Waals surface area contributed by atoms with Gasteiger partial charge >= 0.3 is 0 Å². The summed E-state index contributed by atoms with van der Waals surface area (Å²) >= 11 is 0. The maximum atomic E-state index is 11.8. The van der Waals surface area contributed by atoms with Crippen LogP contribution < -0.4 is 4.90 Å². The van der Waals surface area contributed by atoms with E-state index in [-0.39, 0.29) is 5.91 Å². The zero-order valence-corrected chi connectivity index (χ0v) is 11.9. The summed E-state index contributed by atoms with van der Waals surface area (Å²) in [5.74, 6) is 0.708. The van der Waals surface area contributed by atoms with Crippen molar-refractivity contribution in [3.8, 4) is 17.4 Å². The molecule has 0 atom stereocenters. The molecule has 2 aromatic rings. The molecule has 1 aromatic carbocycles. The van der Waals surface area contributed by atoms with Crippen molar-refractivity contribution < 1.29 is 9.21 Å². The van der Waals surface area contributed by atoms with Gasteiger partial charge in [-0.05, 0) is 6.42 Å². The molecule has 0 bridgehead atoms. The van der Waals surface area contributed by atoms with Gasteiger partial charge in [0.15, 0.2) is 0 Å². The van der Waals surface area contributed by atoms with Gasteiger partial charge in [0.1, 0.15) is 17.4 Å². The van der Waals surface area contributed by atoms with Crippen molar-refractivity contribution in [2.24, 2.45) is 0 Å². The van der Waals surface area contributed by atoms with E-state index in [4.69, 9.17) is 4.42 Å². The summed E-state index contributed by atoms with van der Waals surface area (Å²) in [5, 5.41) is 9.27. The third-order valence-corrected chi connectivity index (χ3v) is 3.07. The van der Waals surface area contributed by atoms with Crippen molar-refractivity contribution >= 4 is 11.8 Å². The number of rotatable bonds is 5. The van der Waals surface area contributed by atoms with Crippen LogP contribution in [0.15, 0.2) is 53.5 Å². The highest BCUT2D eigenvalue weighted by Gasteiger charge is 2.21. The lowest BCUT2D eigenvalue weighted by molar-refractivity contribution is -0.116. The van der Waals surface area contributed by atoms with Crippen LogP contribution in [0, 0.1) is 11.3 Å². The van der Waals surface area contributed by atoms with E-state index in [0.29, 0.717) is 30.2 Å². The van der Waals surface area contributed by atoms with Gasteiger partial charge in [0, 0.05) is 25.1 Å². The van der Waals surface area contributed by atoms with Crippen LogP contribution in [0.4, 0.5) is 5.88 Å². The molecule has 0 aliphatic carbocycles. The Kier molecular flexibility index (Phi) is 4.57. The topological polar surface area (TPSA) is 57.2 Å². The normalized spacial score (nSPS) is 9.90. The van der Waals surface area contributed by atoms with Crippen LogP contribution in [-0.2, 0) is 4.79 Å². The Morgan fingerprint density at radius 2 is 2.14 bits per heavy atom. The predicted octanol–water partition coefficient (Wildman–Crippen LogP) is 3.75. The molecule has 4 nitrogen and oxygen atoms in total. The maximum absolute atomic E-state index is 11.8. The summed E-state index contributed by atoms with van der Waals surface area (Å²) in [6, 6.07) is 13.2. The van der Waals surface area contributed by atoms with Gasteiger partial charge < -0.3 is 4.42 Å². The number of amides is 1. The number of anilines is 1. The van der Waals surface area contributed by atoms with Gasteiger partial charge in [0.2, 0.25) is 11.8 Å². The number of carbonyl (C=O) groups excluding carboxylic acids is 1. The molecule has 0 radical (unpaired) electrons. The molecule has 1 aromatic heterocycles. The fourth-order valence-corrected chi connectivity index (χ4v) is 2.03. The van der Waals surface area contributed by atoms with Crippen LogP contribution in [0.2, 0.25) is 0 Å². The molecule has 0 saturated carbocycles. The molecule has 106 valence electrons. The van der Waals surface area contributed by atoms with Crippen molar-refractivity contribution in [3.63, 3.8) is 0 Å². The molecular weight excluding hydrogens is 264 g/mol. The number of nitriles is 1. The molecule has 0 fully saturated rings. The number of hydrogen-bond acceptors (Lipinski definition) is 3. The standard InChI is InChI=1S/C17H16N2O2/c1-3-4-10-19(13(2)20)17-15(12-18)11-16(21-17)14-8-6-5-7-9-14/h3,5-9,11H,1,4,10H2,2H3. The van der Waals surface area contributed by atoms with Gasteiger partial charge in [-0.2, -0.15) is 5.26 Å². The summed E-state index contributed by atoms with van der Waals surface area (Å²) in [4.78, 5) is 13.3. The van der Waals surface area contributed by atoms with Crippen LogP contribution in [0.3, 0.4) is 0 Å². The highest BCUT2D eigenvalue weighted by atomic mass is 16.4. The van der Waals surface area contributed by atoms with Crippen LogP contribution in [0.5, 0.6) is 0 Å². The molecular formula is C17H16N2O2. The van der Waals surface area contributed by atoms with Crippen molar-refractivity contribution in [2.75, 3.05) is 11.4 Å². The molecule has 1 amide bonds. The van der Waals surface area contributed by atoms with Crippen molar-refractivity contribution in [1.29, 1.82) is 5.26 Å². The molecule has 1 heterocycles. The van der Waals surface area contributed by atoms with Crippen LogP contribution in [-0.4, -0.2) is 12.5 Å². The Labute approximate surface area is 123 Å². The number of furan rings is 1. The van der Waals surface area contributed by atoms with Gasteiger partial charge in [-0.25, -0.2) is 0 Å². The number of carbonyl (C=O) groups is 1. The number of nitrogens with zero attached hydrogens (tertiary/aromatic N) is 2. The summed E-state index contributed by atoms with van der Waals surface area (Å²) < 4.78 is 5.76.